The summed E-state index contributed by atoms with van der Waals surface area (Å²) < 4.78 is 15.5. The molecule has 2 aromatic carbocycles. The molecule has 1 aliphatic heterocycles. The minimum absolute atomic E-state index is 0.0282. The maximum Gasteiger partial charge on any atom is 0.241 e. The van der Waals surface area contributed by atoms with Crippen LogP contribution >= 0.6 is 0 Å². The molecule has 0 radical (unpaired) electrons. The molecule has 1 amide bonds. The van der Waals surface area contributed by atoms with Crippen LogP contribution in [0.4, 0.5) is 10.1 Å². The molecule has 29 heavy (non-hydrogen) atoms. The first-order valence-electron chi connectivity index (χ1n) is 10.3. The fourth-order valence-corrected chi connectivity index (χ4v) is 4.40. The molecule has 1 aliphatic carbocycles. The number of imidazole rings is 1. The Hall–Kier alpha value is -2.73. The smallest absolute Gasteiger partial charge is 0.241 e. The van der Waals surface area contributed by atoms with E-state index in [4.69, 9.17) is 0 Å². The summed E-state index contributed by atoms with van der Waals surface area (Å²) in [4.78, 5) is 17.4. The minimum atomic E-state index is -0.299. The molecule has 2 fully saturated rings. The average molecular weight is 392 g/mol. The molecule has 2 N–H and O–H groups in total. The molecule has 5 nitrogen and oxygen atoms in total. The van der Waals surface area contributed by atoms with E-state index in [2.05, 4.69) is 15.6 Å². The second-order valence-corrected chi connectivity index (χ2v) is 8.39. The van der Waals surface area contributed by atoms with E-state index in [1.165, 1.54) is 25.0 Å². The summed E-state index contributed by atoms with van der Waals surface area (Å²) in [6.45, 7) is 1.98. The number of nitrogens with zero attached hydrogens (tertiary/aromatic N) is 2. The Kier molecular flexibility index (Phi) is 4.39. The molecule has 5 rings (SSSR count). The predicted molar refractivity (Wildman–Crippen MR) is 112 cm³/mol. The molecule has 1 saturated heterocycles. The molecular weight excluding hydrogens is 367 g/mol. The van der Waals surface area contributed by atoms with Gasteiger partial charge in [-0.3, -0.25) is 4.79 Å². The lowest BCUT2D eigenvalue weighted by Gasteiger charge is -2.16. The maximum absolute atomic E-state index is 13.6. The van der Waals surface area contributed by atoms with Crippen LogP contribution in [0.5, 0.6) is 0 Å². The van der Waals surface area contributed by atoms with Crippen molar-refractivity contribution in [3.05, 3.63) is 47.8 Å². The monoisotopic (exact) mass is 392 g/mol. The van der Waals surface area contributed by atoms with Gasteiger partial charge in [0.15, 0.2) is 0 Å². The Bertz CT molecular complexity index is 1100. The van der Waals surface area contributed by atoms with E-state index in [-0.39, 0.29) is 17.8 Å². The number of aryl methyl sites for hydroxylation is 2. The molecule has 150 valence electrons. The van der Waals surface area contributed by atoms with Gasteiger partial charge in [0.25, 0.3) is 0 Å². The van der Waals surface area contributed by atoms with Crippen molar-refractivity contribution in [2.75, 3.05) is 5.32 Å². The Labute approximate surface area is 169 Å². The number of benzene rings is 2. The molecular formula is C23H25FN4O. The van der Waals surface area contributed by atoms with Crippen molar-refractivity contribution < 1.29 is 9.18 Å². The van der Waals surface area contributed by atoms with E-state index in [0.29, 0.717) is 11.6 Å². The van der Waals surface area contributed by atoms with Crippen molar-refractivity contribution in [1.29, 1.82) is 0 Å². The summed E-state index contributed by atoms with van der Waals surface area (Å²) in [7, 11) is 1.92. The Morgan fingerprint density at radius 3 is 2.79 bits per heavy atom. The van der Waals surface area contributed by atoms with Crippen molar-refractivity contribution in [3.63, 3.8) is 0 Å². The number of nitrogens with one attached hydrogen (secondary N) is 2. The molecule has 0 spiro atoms. The van der Waals surface area contributed by atoms with E-state index in [1.807, 2.05) is 36.7 Å². The zero-order valence-corrected chi connectivity index (χ0v) is 16.7. The highest BCUT2D eigenvalue weighted by atomic mass is 19.1. The van der Waals surface area contributed by atoms with E-state index in [1.54, 1.807) is 6.07 Å². The second kappa shape index (κ2) is 6.95. The second-order valence-electron chi connectivity index (χ2n) is 8.39. The summed E-state index contributed by atoms with van der Waals surface area (Å²) >= 11 is 0. The van der Waals surface area contributed by atoms with Crippen LogP contribution in [0.15, 0.2) is 36.4 Å². The highest BCUT2D eigenvalue weighted by Gasteiger charge is 2.38. The summed E-state index contributed by atoms with van der Waals surface area (Å²) in [5.41, 5.74) is 4.18. The zero-order valence-electron chi connectivity index (χ0n) is 16.7. The number of hydrogen-bond donors (Lipinski definition) is 2. The SMILES string of the molecule is Cc1ccc(-c2nc3cc(F)ccc3n2C)cc1NC(=O)C1CCC(C2CC2)N1. The normalized spacial score (nSPS) is 21.6. The molecule has 0 bridgehead atoms. The third kappa shape index (κ3) is 3.42. The summed E-state index contributed by atoms with van der Waals surface area (Å²) in [5, 5.41) is 6.61. The lowest BCUT2D eigenvalue weighted by molar-refractivity contribution is -0.117. The number of carbonyl (C=O) groups is 1. The number of aromatic nitrogens is 2. The van der Waals surface area contributed by atoms with Gasteiger partial charge >= 0.3 is 0 Å². The standard InChI is InChI=1S/C23H25FN4O/c1-13-3-4-15(22-26-20-12-16(24)7-10-21(20)28(22)2)11-19(13)27-23(29)18-9-8-17(25-18)14-5-6-14/h3-4,7,10-12,14,17-18,25H,5-6,8-9H2,1-2H3,(H,27,29). The number of rotatable bonds is 4. The van der Waals surface area contributed by atoms with Crippen LogP contribution in [0.1, 0.15) is 31.2 Å². The van der Waals surface area contributed by atoms with E-state index >= 15 is 0 Å². The van der Waals surface area contributed by atoms with E-state index in [0.717, 1.165) is 46.9 Å². The van der Waals surface area contributed by atoms with Crippen LogP contribution in [0.2, 0.25) is 0 Å². The first kappa shape index (κ1) is 18.3. The average Bonchev–Trinajstić information content (AvgIpc) is 3.34. The lowest BCUT2D eigenvalue weighted by Crippen LogP contribution is -2.39. The van der Waals surface area contributed by atoms with Crippen LogP contribution in [0.3, 0.4) is 0 Å². The summed E-state index contributed by atoms with van der Waals surface area (Å²) in [5.74, 6) is 1.24. The third-order valence-electron chi connectivity index (χ3n) is 6.29. The fraction of sp³-hybridized carbons (Fsp3) is 0.391. The van der Waals surface area contributed by atoms with Crippen molar-refractivity contribution in [3.8, 4) is 11.4 Å². The first-order chi connectivity index (χ1) is 14.0. The molecule has 2 unspecified atom stereocenters. The van der Waals surface area contributed by atoms with Gasteiger partial charge in [-0.1, -0.05) is 12.1 Å². The number of hydrogen-bond acceptors (Lipinski definition) is 3. The predicted octanol–water partition coefficient (Wildman–Crippen LogP) is 4.16. The Morgan fingerprint density at radius 2 is 2.00 bits per heavy atom. The Morgan fingerprint density at radius 1 is 1.17 bits per heavy atom. The number of carbonyl (C=O) groups excluding carboxylic acids is 1. The molecule has 6 heteroatoms. The van der Waals surface area contributed by atoms with Gasteiger partial charge in [0.1, 0.15) is 11.6 Å². The van der Waals surface area contributed by atoms with Gasteiger partial charge in [0.2, 0.25) is 5.91 Å². The number of anilines is 1. The van der Waals surface area contributed by atoms with Gasteiger partial charge in [0, 0.05) is 30.4 Å². The summed E-state index contributed by atoms with van der Waals surface area (Å²) in [6.07, 6.45) is 4.55. The van der Waals surface area contributed by atoms with Crippen molar-refractivity contribution >= 4 is 22.6 Å². The molecule has 2 atom stereocenters. The molecule has 3 aromatic rings. The number of fused-ring (bicyclic) bond motifs is 1. The van der Waals surface area contributed by atoms with Gasteiger partial charge in [0.05, 0.1) is 17.1 Å². The minimum Gasteiger partial charge on any atom is -0.327 e. The quantitative estimate of drug-likeness (QED) is 0.701. The number of amides is 1. The van der Waals surface area contributed by atoms with Crippen molar-refractivity contribution in [1.82, 2.24) is 14.9 Å². The maximum atomic E-state index is 13.6. The zero-order chi connectivity index (χ0) is 20.1. The van der Waals surface area contributed by atoms with Crippen LogP contribution in [-0.2, 0) is 11.8 Å². The van der Waals surface area contributed by atoms with Gasteiger partial charge in [-0.05, 0) is 62.3 Å². The first-order valence-corrected chi connectivity index (χ1v) is 10.3. The molecule has 2 heterocycles. The molecule has 1 aromatic heterocycles. The fourth-order valence-electron chi connectivity index (χ4n) is 4.40. The third-order valence-corrected chi connectivity index (χ3v) is 6.29. The van der Waals surface area contributed by atoms with Gasteiger partial charge in [-0.2, -0.15) is 0 Å². The highest BCUT2D eigenvalue weighted by molar-refractivity contribution is 5.96. The van der Waals surface area contributed by atoms with Crippen molar-refractivity contribution in [2.24, 2.45) is 13.0 Å². The van der Waals surface area contributed by atoms with Gasteiger partial charge < -0.3 is 15.2 Å². The van der Waals surface area contributed by atoms with E-state index in [9.17, 15) is 9.18 Å². The highest BCUT2D eigenvalue weighted by Crippen LogP contribution is 2.37. The number of halogens is 1. The Balaban J connectivity index is 1.40. The van der Waals surface area contributed by atoms with E-state index < -0.39 is 0 Å². The molecule has 2 aliphatic rings. The summed E-state index contributed by atoms with van der Waals surface area (Å²) in [6, 6.07) is 10.9. The van der Waals surface area contributed by atoms with Crippen LogP contribution in [-0.4, -0.2) is 27.5 Å². The molecule has 1 saturated carbocycles. The largest absolute Gasteiger partial charge is 0.327 e. The van der Waals surface area contributed by atoms with Crippen LogP contribution in [0, 0.1) is 18.7 Å². The van der Waals surface area contributed by atoms with Crippen molar-refractivity contribution in [2.45, 2.75) is 44.7 Å². The topological polar surface area (TPSA) is 59.0 Å². The van der Waals surface area contributed by atoms with Gasteiger partial charge in [-0.15, -0.1) is 0 Å². The lowest BCUT2D eigenvalue weighted by atomic mass is 10.1. The van der Waals surface area contributed by atoms with Crippen LogP contribution in [0.25, 0.3) is 22.4 Å². The van der Waals surface area contributed by atoms with Crippen LogP contribution < -0.4 is 10.6 Å². The van der Waals surface area contributed by atoms with Gasteiger partial charge in [-0.25, -0.2) is 9.37 Å².